The number of fused-ring (bicyclic) bond motifs is 1. The normalized spacial score (nSPS) is 10.7. The largest absolute Gasteiger partial charge is 0.490 e. The zero-order valence-electron chi connectivity index (χ0n) is 15.3. The van der Waals surface area contributed by atoms with Gasteiger partial charge in [0.15, 0.2) is 5.75 Å². The van der Waals surface area contributed by atoms with E-state index in [2.05, 4.69) is 5.32 Å². The Kier molecular flexibility index (Phi) is 4.74. The molecule has 0 spiro atoms. The van der Waals surface area contributed by atoms with Gasteiger partial charge in [0.2, 0.25) is 5.78 Å². The van der Waals surface area contributed by atoms with Gasteiger partial charge in [-0.15, -0.1) is 0 Å². The molecule has 0 aliphatic rings. The Balaban J connectivity index is 2.24. The molecule has 9 nitrogen and oxygen atoms in total. The monoisotopic (exact) mass is 383 g/mol. The van der Waals surface area contributed by atoms with Crippen LogP contribution < -0.4 is 10.1 Å². The van der Waals surface area contributed by atoms with Crippen molar-refractivity contribution in [2.45, 2.75) is 6.92 Å². The molecule has 9 heteroatoms. The molecular weight excluding hydrogens is 366 g/mol. The average molecular weight is 383 g/mol. The Morgan fingerprint density at radius 3 is 2.54 bits per heavy atom. The number of aromatic carboxylic acids is 1. The number of aromatic nitrogens is 1. The van der Waals surface area contributed by atoms with Gasteiger partial charge in [-0.3, -0.25) is 14.9 Å². The quantitative estimate of drug-likeness (QED) is 0.381. The van der Waals surface area contributed by atoms with E-state index in [1.165, 1.54) is 29.7 Å². The highest BCUT2D eigenvalue weighted by atomic mass is 16.6. The first kappa shape index (κ1) is 18.9. The summed E-state index contributed by atoms with van der Waals surface area (Å²) >= 11 is 0. The smallest absolute Gasteiger partial charge is 0.338 e. The fourth-order valence-electron chi connectivity index (χ4n) is 3.19. The third-order valence-corrected chi connectivity index (χ3v) is 4.54. The van der Waals surface area contributed by atoms with E-state index in [1.54, 1.807) is 32.3 Å². The first-order valence-electron chi connectivity index (χ1n) is 8.23. The molecular formula is C19H17N3O6. The van der Waals surface area contributed by atoms with E-state index >= 15 is 0 Å². The van der Waals surface area contributed by atoms with Crippen LogP contribution in [0.15, 0.2) is 36.5 Å². The van der Waals surface area contributed by atoms with Crippen molar-refractivity contribution in [3.8, 4) is 5.75 Å². The van der Waals surface area contributed by atoms with E-state index < -0.39 is 16.7 Å². The predicted molar refractivity (Wildman–Crippen MR) is 102 cm³/mol. The highest BCUT2D eigenvalue weighted by Gasteiger charge is 2.26. The molecule has 0 saturated heterocycles. The van der Waals surface area contributed by atoms with Gasteiger partial charge in [-0.2, -0.15) is 0 Å². The Morgan fingerprint density at radius 1 is 1.25 bits per heavy atom. The van der Waals surface area contributed by atoms with Crippen molar-refractivity contribution in [3.05, 3.63) is 69.0 Å². The highest BCUT2D eigenvalue weighted by Crippen LogP contribution is 2.31. The van der Waals surface area contributed by atoms with Gasteiger partial charge < -0.3 is 19.6 Å². The number of nitro groups is 1. The second-order valence-electron chi connectivity index (χ2n) is 6.05. The molecule has 1 aromatic carbocycles. The fourth-order valence-corrected chi connectivity index (χ4v) is 3.19. The van der Waals surface area contributed by atoms with Gasteiger partial charge in [-0.25, -0.2) is 4.79 Å². The number of carbonyl (C=O) groups is 2. The molecule has 0 aliphatic heterocycles. The van der Waals surface area contributed by atoms with Crippen LogP contribution in [0.3, 0.4) is 0 Å². The van der Waals surface area contributed by atoms with Crippen molar-refractivity contribution in [2.24, 2.45) is 0 Å². The van der Waals surface area contributed by atoms with Crippen LogP contribution in [0, 0.1) is 17.0 Å². The van der Waals surface area contributed by atoms with Crippen LogP contribution in [-0.2, 0) is 0 Å². The van der Waals surface area contributed by atoms with E-state index in [0.29, 0.717) is 16.8 Å². The molecule has 0 amide bonds. The van der Waals surface area contributed by atoms with Gasteiger partial charge in [-0.1, -0.05) is 0 Å². The second-order valence-corrected chi connectivity index (χ2v) is 6.05. The molecule has 2 N–H and O–H groups in total. The maximum Gasteiger partial charge on any atom is 0.338 e. The van der Waals surface area contributed by atoms with E-state index in [9.17, 15) is 24.8 Å². The summed E-state index contributed by atoms with van der Waals surface area (Å²) in [6, 6.07) is 7.15. The number of ether oxygens (including phenoxy) is 1. The maximum absolute atomic E-state index is 13.2. The molecule has 3 aromatic rings. The Hall–Kier alpha value is -3.88. The SMILES string of the molecule is CNc1ccn2c(C(=O)c3ccc([N+](=O)[O-])c(OC)c3)c(C)c(C(=O)O)c2c1. The summed E-state index contributed by atoms with van der Waals surface area (Å²) in [5, 5.41) is 23.6. The zero-order chi connectivity index (χ0) is 20.6. The summed E-state index contributed by atoms with van der Waals surface area (Å²) < 4.78 is 6.53. The van der Waals surface area contributed by atoms with Gasteiger partial charge in [0.25, 0.3) is 0 Å². The number of carboxylic acids is 1. The van der Waals surface area contributed by atoms with Crippen LogP contribution in [-0.4, -0.2) is 40.3 Å². The molecule has 28 heavy (non-hydrogen) atoms. The summed E-state index contributed by atoms with van der Waals surface area (Å²) in [5.41, 5.74) is 1.46. The molecule has 0 aliphatic carbocycles. The Bertz CT molecular complexity index is 1130. The van der Waals surface area contributed by atoms with Gasteiger partial charge >= 0.3 is 11.7 Å². The number of benzene rings is 1. The summed E-state index contributed by atoms with van der Waals surface area (Å²) in [4.78, 5) is 35.4. The summed E-state index contributed by atoms with van der Waals surface area (Å²) in [5.74, 6) is -1.67. The number of hydrogen-bond donors (Lipinski definition) is 2. The molecule has 0 bridgehead atoms. The molecule has 2 aromatic heterocycles. The lowest BCUT2D eigenvalue weighted by Crippen LogP contribution is -2.08. The number of pyridine rings is 1. The third kappa shape index (κ3) is 2.92. The average Bonchev–Trinajstić information content (AvgIpc) is 2.97. The van der Waals surface area contributed by atoms with E-state index in [-0.39, 0.29) is 28.3 Å². The third-order valence-electron chi connectivity index (χ3n) is 4.54. The van der Waals surface area contributed by atoms with Crippen LogP contribution in [0.1, 0.15) is 32.0 Å². The number of nitrogens with one attached hydrogen (secondary N) is 1. The lowest BCUT2D eigenvalue weighted by Gasteiger charge is -2.07. The molecule has 2 heterocycles. The lowest BCUT2D eigenvalue weighted by atomic mass is 10.0. The van der Waals surface area contributed by atoms with E-state index in [1.807, 2.05) is 0 Å². The minimum absolute atomic E-state index is 0.0225. The minimum atomic E-state index is -1.15. The first-order valence-corrected chi connectivity index (χ1v) is 8.23. The topological polar surface area (TPSA) is 123 Å². The number of hydrogen-bond acceptors (Lipinski definition) is 6. The number of rotatable bonds is 6. The van der Waals surface area contributed by atoms with Crippen LogP contribution in [0.5, 0.6) is 5.75 Å². The number of nitro benzene ring substituents is 1. The van der Waals surface area contributed by atoms with Crippen LogP contribution in [0.4, 0.5) is 11.4 Å². The summed E-state index contributed by atoms with van der Waals surface area (Å²) in [7, 11) is 2.98. The maximum atomic E-state index is 13.2. The highest BCUT2D eigenvalue weighted by molar-refractivity contribution is 6.13. The van der Waals surface area contributed by atoms with Crippen LogP contribution in [0.25, 0.3) is 5.52 Å². The fraction of sp³-hybridized carbons (Fsp3) is 0.158. The summed E-state index contributed by atoms with van der Waals surface area (Å²) in [6.07, 6.45) is 1.61. The van der Waals surface area contributed by atoms with Crippen molar-refractivity contribution in [1.29, 1.82) is 0 Å². The molecule has 3 rings (SSSR count). The molecule has 0 saturated carbocycles. The zero-order valence-corrected chi connectivity index (χ0v) is 15.3. The van der Waals surface area contributed by atoms with Crippen molar-refractivity contribution in [1.82, 2.24) is 4.40 Å². The number of anilines is 1. The van der Waals surface area contributed by atoms with Gasteiger partial charge in [-0.05, 0) is 36.8 Å². The molecule has 0 atom stereocenters. The van der Waals surface area contributed by atoms with Gasteiger partial charge in [0, 0.05) is 30.6 Å². The van der Waals surface area contributed by atoms with Gasteiger partial charge in [0.1, 0.15) is 0 Å². The molecule has 0 fully saturated rings. The predicted octanol–water partition coefficient (Wildman–Crippen LogP) is 3.14. The number of carboxylic acid groups (broad SMARTS) is 1. The summed E-state index contributed by atoms with van der Waals surface area (Å²) in [6.45, 7) is 1.56. The number of ketones is 1. The Morgan fingerprint density at radius 2 is 1.96 bits per heavy atom. The van der Waals surface area contributed by atoms with Gasteiger partial charge in [0.05, 0.1) is 28.8 Å². The minimum Gasteiger partial charge on any atom is -0.490 e. The molecule has 0 radical (unpaired) electrons. The molecule has 0 unspecified atom stereocenters. The van der Waals surface area contributed by atoms with Crippen molar-refractivity contribution >= 4 is 28.6 Å². The number of nitrogens with zero attached hydrogens (tertiary/aromatic N) is 2. The van der Waals surface area contributed by atoms with Crippen LogP contribution >= 0.6 is 0 Å². The van der Waals surface area contributed by atoms with E-state index in [0.717, 1.165) is 0 Å². The lowest BCUT2D eigenvalue weighted by molar-refractivity contribution is -0.385. The van der Waals surface area contributed by atoms with Crippen molar-refractivity contribution < 1.29 is 24.4 Å². The second kappa shape index (κ2) is 7.03. The van der Waals surface area contributed by atoms with Crippen molar-refractivity contribution in [2.75, 3.05) is 19.5 Å². The van der Waals surface area contributed by atoms with E-state index in [4.69, 9.17) is 4.74 Å². The Labute approximate surface area is 159 Å². The molecule has 144 valence electrons. The van der Waals surface area contributed by atoms with Crippen LogP contribution in [0.2, 0.25) is 0 Å². The number of methoxy groups -OCH3 is 1. The number of carbonyl (C=O) groups excluding carboxylic acids is 1. The standard InChI is InChI=1S/C19H17N3O6/c1-10-16(19(24)25)14-9-12(20-2)6-7-21(14)17(10)18(23)11-4-5-13(22(26)27)15(8-11)28-3/h4-9,20H,1-3H3,(H,24,25). The first-order chi connectivity index (χ1) is 13.3. The van der Waals surface area contributed by atoms with Crippen molar-refractivity contribution in [3.63, 3.8) is 0 Å².